The second-order valence-electron chi connectivity index (χ2n) is 5.44. The fourth-order valence-electron chi connectivity index (χ4n) is 3.22. The van der Waals surface area contributed by atoms with E-state index in [9.17, 15) is 4.79 Å². The predicted octanol–water partition coefficient (Wildman–Crippen LogP) is 2.80. The van der Waals surface area contributed by atoms with E-state index in [-0.39, 0.29) is 11.8 Å². The van der Waals surface area contributed by atoms with Crippen LogP contribution in [-0.4, -0.2) is 26.2 Å². The van der Waals surface area contributed by atoms with Crippen molar-refractivity contribution in [2.75, 3.05) is 25.2 Å². The van der Waals surface area contributed by atoms with Gasteiger partial charge in [0.1, 0.15) is 0 Å². The topological polar surface area (TPSA) is 29.5 Å². The monoisotopic (exact) mass is 269 g/mol. The number of methoxy groups -OCH3 is 1. The first-order valence-corrected chi connectivity index (χ1v) is 6.98. The van der Waals surface area contributed by atoms with Crippen LogP contribution in [0.15, 0.2) is 54.6 Å². The van der Waals surface area contributed by atoms with Gasteiger partial charge in [-0.3, -0.25) is 4.79 Å². The minimum atomic E-state index is -0.430. The average molecular weight is 269 g/mol. The van der Waals surface area contributed by atoms with E-state index in [0.29, 0.717) is 6.61 Å². The molecule has 1 aliphatic heterocycles. The van der Waals surface area contributed by atoms with Gasteiger partial charge >= 0.3 is 0 Å². The molecule has 1 amide bonds. The van der Waals surface area contributed by atoms with Gasteiger partial charge in [0.25, 0.3) is 0 Å². The smallest absolute Gasteiger partial charge is 0.237 e. The highest BCUT2D eigenvalue weighted by molar-refractivity contribution is 6.02. The second kappa shape index (κ2) is 5.25. The Morgan fingerprint density at radius 2 is 2.10 bits per heavy atom. The molecule has 1 heterocycles. The Balaban J connectivity index is 1.96. The minimum absolute atomic E-state index is 0.186. The molecule has 1 aromatic carbocycles. The average Bonchev–Trinajstić information content (AvgIpc) is 2.76. The van der Waals surface area contributed by atoms with Crippen molar-refractivity contribution >= 4 is 11.6 Å². The van der Waals surface area contributed by atoms with Crippen molar-refractivity contribution in [1.82, 2.24) is 0 Å². The van der Waals surface area contributed by atoms with Gasteiger partial charge in [0.2, 0.25) is 5.91 Å². The molecule has 0 N–H and O–H groups in total. The lowest BCUT2D eigenvalue weighted by Crippen LogP contribution is -2.36. The number of rotatable bonds is 3. The highest BCUT2D eigenvalue weighted by Crippen LogP contribution is 2.45. The summed E-state index contributed by atoms with van der Waals surface area (Å²) >= 11 is 0. The zero-order valence-corrected chi connectivity index (χ0v) is 11.7. The van der Waals surface area contributed by atoms with Crippen LogP contribution in [0, 0.1) is 11.3 Å². The Kier molecular flexibility index (Phi) is 3.45. The molecule has 3 nitrogen and oxygen atoms in total. The van der Waals surface area contributed by atoms with E-state index in [1.165, 1.54) is 0 Å². The van der Waals surface area contributed by atoms with Crippen molar-refractivity contribution < 1.29 is 9.53 Å². The van der Waals surface area contributed by atoms with Crippen molar-refractivity contribution in [3.05, 3.63) is 54.6 Å². The van der Waals surface area contributed by atoms with Gasteiger partial charge in [0, 0.05) is 25.3 Å². The van der Waals surface area contributed by atoms with Gasteiger partial charge in [0.05, 0.1) is 12.0 Å². The third-order valence-corrected chi connectivity index (χ3v) is 4.31. The largest absolute Gasteiger partial charge is 0.384 e. The zero-order chi connectivity index (χ0) is 14.0. The number of hydrogen-bond donors (Lipinski definition) is 0. The molecule has 2 atom stereocenters. The molecular formula is C17H19NO2. The van der Waals surface area contributed by atoms with E-state index in [0.717, 1.165) is 18.7 Å². The quantitative estimate of drug-likeness (QED) is 0.844. The summed E-state index contributed by atoms with van der Waals surface area (Å²) in [5.74, 6) is 0.382. The number of amides is 1. The number of carbonyl (C=O) groups excluding carboxylic acids is 1. The first kappa shape index (κ1) is 13.1. The minimum Gasteiger partial charge on any atom is -0.384 e. The van der Waals surface area contributed by atoms with Crippen molar-refractivity contribution in [3.8, 4) is 0 Å². The first-order chi connectivity index (χ1) is 9.78. The Morgan fingerprint density at radius 1 is 1.30 bits per heavy atom. The van der Waals surface area contributed by atoms with Gasteiger partial charge in [-0.25, -0.2) is 0 Å². The van der Waals surface area contributed by atoms with Gasteiger partial charge < -0.3 is 9.64 Å². The Morgan fingerprint density at radius 3 is 2.75 bits per heavy atom. The zero-order valence-electron chi connectivity index (χ0n) is 11.7. The molecule has 0 radical (unpaired) electrons. The van der Waals surface area contributed by atoms with E-state index in [1.54, 1.807) is 7.11 Å². The maximum atomic E-state index is 13.0. The summed E-state index contributed by atoms with van der Waals surface area (Å²) in [6, 6.07) is 9.88. The molecule has 1 fully saturated rings. The predicted molar refractivity (Wildman–Crippen MR) is 79.5 cm³/mol. The molecule has 1 saturated heterocycles. The summed E-state index contributed by atoms with van der Waals surface area (Å²) in [4.78, 5) is 14.8. The molecule has 0 bridgehead atoms. The Labute approximate surface area is 119 Å². The van der Waals surface area contributed by atoms with Gasteiger partial charge in [-0.05, 0) is 18.6 Å². The number of anilines is 1. The molecule has 0 unspecified atom stereocenters. The van der Waals surface area contributed by atoms with Crippen LogP contribution < -0.4 is 4.90 Å². The van der Waals surface area contributed by atoms with E-state index in [4.69, 9.17) is 4.74 Å². The van der Waals surface area contributed by atoms with Crippen LogP contribution in [0.1, 0.15) is 6.42 Å². The molecule has 1 spiro atoms. The summed E-state index contributed by atoms with van der Waals surface area (Å²) in [5.41, 5.74) is 0.541. The van der Waals surface area contributed by atoms with Crippen LogP contribution in [-0.2, 0) is 9.53 Å². The van der Waals surface area contributed by atoms with Gasteiger partial charge in [0.15, 0.2) is 0 Å². The van der Waals surface area contributed by atoms with Crippen molar-refractivity contribution in [3.63, 3.8) is 0 Å². The van der Waals surface area contributed by atoms with E-state index in [1.807, 2.05) is 47.4 Å². The number of ether oxygens (including phenoxy) is 1. The molecule has 1 aliphatic carbocycles. The third-order valence-electron chi connectivity index (χ3n) is 4.31. The van der Waals surface area contributed by atoms with Gasteiger partial charge in [-0.15, -0.1) is 0 Å². The Hall–Kier alpha value is -1.87. The molecule has 1 aromatic rings. The number of carbonyl (C=O) groups is 1. The number of para-hydroxylation sites is 1. The number of hydrogen-bond acceptors (Lipinski definition) is 2. The van der Waals surface area contributed by atoms with E-state index < -0.39 is 5.41 Å². The lowest BCUT2D eigenvalue weighted by Gasteiger charge is -2.29. The van der Waals surface area contributed by atoms with Crippen LogP contribution in [0.3, 0.4) is 0 Å². The number of nitrogens with zero attached hydrogens (tertiary/aromatic N) is 1. The molecule has 2 aliphatic rings. The molecule has 0 aromatic heterocycles. The highest BCUT2D eigenvalue weighted by atomic mass is 16.5. The molecule has 3 rings (SSSR count). The summed E-state index contributed by atoms with van der Waals surface area (Å²) in [6.07, 6.45) is 8.89. The lowest BCUT2D eigenvalue weighted by molar-refractivity contribution is -0.125. The lowest BCUT2D eigenvalue weighted by atomic mass is 9.73. The maximum absolute atomic E-state index is 13.0. The molecule has 0 saturated carbocycles. The standard InChI is InChI=1S/C17H19NO2/c1-20-13-14-12-18(15-8-4-2-5-9-15)16(19)17(14)10-6-3-7-11-17/h2-10,14H,11-13H2,1H3/t14-,17+/m0/s1. The van der Waals surface area contributed by atoms with Crippen LogP contribution in [0.5, 0.6) is 0 Å². The normalized spacial score (nSPS) is 28.6. The molecule has 3 heteroatoms. The highest BCUT2D eigenvalue weighted by Gasteiger charge is 2.52. The van der Waals surface area contributed by atoms with Crippen LogP contribution in [0.25, 0.3) is 0 Å². The Bertz CT molecular complexity index is 549. The van der Waals surface area contributed by atoms with Crippen molar-refractivity contribution in [2.24, 2.45) is 11.3 Å². The number of allylic oxidation sites excluding steroid dienone is 3. The summed E-state index contributed by atoms with van der Waals surface area (Å²) in [6.45, 7) is 1.32. The molecule has 104 valence electrons. The fourth-order valence-corrected chi connectivity index (χ4v) is 3.22. The van der Waals surface area contributed by atoms with Crippen molar-refractivity contribution in [2.45, 2.75) is 6.42 Å². The van der Waals surface area contributed by atoms with Crippen LogP contribution in [0.4, 0.5) is 5.69 Å². The van der Waals surface area contributed by atoms with Crippen LogP contribution in [0.2, 0.25) is 0 Å². The van der Waals surface area contributed by atoms with Crippen LogP contribution >= 0.6 is 0 Å². The maximum Gasteiger partial charge on any atom is 0.237 e. The number of benzene rings is 1. The summed E-state index contributed by atoms with van der Waals surface area (Å²) in [7, 11) is 1.70. The second-order valence-corrected chi connectivity index (χ2v) is 5.44. The fraction of sp³-hybridized carbons (Fsp3) is 0.353. The summed E-state index contributed by atoms with van der Waals surface area (Å²) in [5, 5.41) is 0. The molecular weight excluding hydrogens is 250 g/mol. The molecule has 20 heavy (non-hydrogen) atoms. The van der Waals surface area contributed by atoms with E-state index >= 15 is 0 Å². The van der Waals surface area contributed by atoms with E-state index in [2.05, 4.69) is 12.2 Å². The SMILES string of the molecule is COC[C@@H]1CN(c2ccccc2)C(=O)[C@@]12C=CC=CC2. The van der Waals surface area contributed by atoms with Gasteiger partial charge in [-0.1, -0.05) is 42.5 Å². The first-order valence-electron chi connectivity index (χ1n) is 6.98. The third kappa shape index (κ3) is 1.98. The van der Waals surface area contributed by atoms with Gasteiger partial charge in [-0.2, -0.15) is 0 Å². The summed E-state index contributed by atoms with van der Waals surface area (Å²) < 4.78 is 5.35. The van der Waals surface area contributed by atoms with Crippen molar-refractivity contribution in [1.29, 1.82) is 0 Å².